The number of methoxy groups -OCH3 is 2. The predicted octanol–water partition coefficient (Wildman–Crippen LogP) is 2.08. The van der Waals surface area contributed by atoms with Crippen LogP contribution in [0.25, 0.3) is 0 Å². The molecule has 0 unspecified atom stereocenters. The van der Waals surface area contributed by atoms with Crippen LogP contribution >= 0.6 is 0 Å². The molecule has 1 saturated heterocycles. The summed E-state index contributed by atoms with van der Waals surface area (Å²) in [5.41, 5.74) is 2.44. The third-order valence-electron chi connectivity index (χ3n) is 5.66. The molecule has 2 heterocycles. The van der Waals surface area contributed by atoms with Gasteiger partial charge in [-0.1, -0.05) is 12.1 Å². The minimum atomic E-state index is -0.387. The van der Waals surface area contributed by atoms with Crippen molar-refractivity contribution in [2.24, 2.45) is 0 Å². The number of rotatable bonds is 13. The van der Waals surface area contributed by atoms with Gasteiger partial charge in [-0.3, -0.25) is 9.80 Å². The molecule has 1 aromatic carbocycles. The van der Waals surface area contributed by atoms with E-state index in [1.165, 1.54) is 11.3 Å². The van der Waals surface area contributed by atoms with Gasteiger partial charge in [0.25, 0.3) is 0 Å². The summed E-state index contributed by atoms with van der Waals surface area (Å²) in [7, 11) is 3.43. The monoisotopic (exact) mass is 431 g/mol. The maximum absolute atomic E-state index is 10.7. The molecule has 1 N–H and O–H groups in total. The highest BCUT2D eigenvalue weighted by Crippen LogP contribution is 2.16. The molecule has 1 fully saturated rings. The molecular weight excluding hydrogens is 394 g/mol. The molecule has 0 saturated carbocycles. The first kappa shape index (κ1) is 23.8. The van der Waals surface area contributed by atoms with E-state index in [4.69, 9.17) is 14.2 Å². The van der Waals surface area contributed by atoms with Crippen molar-refractivity contribution in [3.8, 4) is 5.75 Å². The number of hydrogen-bond acceptors (Lipinski definition) is 6. The average molecular weight is 432 g/mol. The minimum Gasteiger partial charge on any atom is -0.497 e. The number of aliphatic hydroxyl groups is 1. The number of morpholine rings is 1. The van der Waals surface area contributed by atoms with Gasteiger partial charge in [0.15, 0.2) is 0 Å². The lowest BCUT2D eigenvalue weighted by atomic mass is 10.2. The highest BCUT2D eigenvalue weighted by atomic mass is 16.5. The number of ether oxygens (including phenoxy) is 3. The zero-order chi connectivity index (χ0) is 21.9. The summed E-state index contributed by atoms with van der Waals surface area (Å²) in [6.07, 6.45) is 2.67. The van der Waals surface area contributed by atoms with Gasteiger partial charge in [-0.05, 0) is 36.2 Å². The molecule has 0 spiro atoms. The Morgan fingerprint density at radius 3 is 2.77 bits per heavy atom. The van der Waals surface area contributed by atoms with E-state index in [9.17, 15) is 5.11 Å². The number of aromatic nitrogens is 1. The number of aliphatic hydroxyl groups excluding tert-OH is 1. The second kappa shape index (κ2) is 12.8. The summed E-state index contributed by atoms with van der Waals surface area (Å²) in [6.45, 7) is 7.82. The number of nitrogens with zero attached hydrogens (tertiary/aromatic N) is 3. The lowest BCUT2D eigenvalue weighted by molar-refractivity contribution is 0.00553. The predicted molar refractivity (Wildman–Crippen MR) is 122 cm³/mol. The molecule has 1 aliphatic rings. The zero-order valence-electron chi connectivity index (χ0n) is 18.9. The molecule has 7 heteroatoms. The van der Waals surface area contributed by atoms with Gasteiger partial charge in [-0.2, -0.15) is 0 Å². The van der Waals surface area contributed by atoms with Crippen LogP contribution in [0.1, 0.15) is 17.7 Å². The van der Waals surface area contributed by atoms with Gasteiger partial charge >= 0.3 is 0 Å². The van der Waals surface area contributed by atoms with Crippen molar-refractivity contribution in [1.29, 1.82) is 0 Å². The van der Waals surface area contributed by atoms with E-state index in [1.807, 2.05) is 12.1 Å². The average Bonchev–Trinajstić information content (AvgIpc) is 3.21. The molecule has 0 bridgehead atoms. The van der Waals surface area contributed by atoms with E-state index in [1.54, 1.807) is 14.2 Å². The van der Waals surface area contributed by atoms with Crippen molar-refractivity contribution in [2.75, 3.05) is 66.8 Å². The third-order valence-corrected chi connectivity index (χ3v) is 5.66. The standard InChI is InChI=1S/C24H37N3O4/c1-29-13-5-9-26(20-23(28)19-25-11-14-31-15-12-25)18-22-7-4-10-27(22)17-21-6-3-8-24(16-21)30-2/h3-4,6-8,10,16,23,28H,5,9,11-15,17-20H2,1-2H3/t23-/m1/s1. The smallest absolute Gasteiger partial charge is 0.119 e. The van der Waals surface area contributed by atoms with E-state index in [0.29, 0.717) is 13.1 Å². The van der Waals surface area contributed by atoms with E-state index < -0.39 is 0 Å². The molecule has 1 aromatic heterocycles. The van der Waals surface area contributed by atoms with Gasteiger partial charge in [0.2, 0.25) is 0 Å². The van der Waals surface area contributed by atoms with Gasteiger partial charge in [0.05, 0.1) is 26.4 Å². The number of hydrogen-bond donors (Lipinski definition) is 1. The van der Waals surface area contributed by atoms with Gasteiger partial charge in [-0.25, -0.2) is 0 Å². The lowest BCUT2D eigenvalue weighted by Crippen LogP contribution is -2.44. The third kappa shape index (κ3) is 7.94. The van der Waals surface area contributed by atoms with Gasteiger partial charge in [0.1, 0.15) is 5.75 Å². The first-order valence-corrected chi connectivity index (χ1v) is 11.1. The van der Waals surface area contributed by atoms with E-state index in [0.717, 1.165) is 64.7 Å². The Kier molecular flexibility index (Phi) is 9.84. The fraction of sp³-hybridized carbons (Fsp3) is 0.583. The van der Waals surface area contributed by atoms with Crippen molar-refractivity contribution in [2.45, 2.75) is 25.6 Å². The maximum Gasteiger partial charge on any atom is 0.119 e. The Labute approximate surface area is 186 Å². The molecular formula is C24H37N3O4. The highest BCUT2D eigenvalue weighted by Gasteiger charge is 2.18. The molecule has 172 valence electrons. The lowest BCUT2D eigenvalue weighted by Gasteiger charge is -2.31. The quantitative estimate of drug-likeness (QED) is 0.490. The molecule has 3 rings (SSSR count). The van der Waals surface area contributed by atoms with Crippen LogP contribution in [0.2, 0.25) is 0 Å². The Balaban J connectivity index is 1.61. The zero-order valence-corrected chi connectivity index (χ0v) is 18.9. The van der Waals surface area contributed by atoms with E-state index in [-0.39, 0.29) is 6.10 Å². The van der Waals surface area contributed by atoms with Crippen LogP contribution in [0.15, 0.2) is 42.6 Å². The van der Waals surface area contributed by atoms with Crippen molar-refractivity contribution in [1.82, 2.24) is 14.4 Å². The topological polar surface area (TPSA) is 59.3 Å². The first-order chi connectivity index (χ1) is 15.2. The molecule has 7 nitrogen and oxygen atoms in total. The summed E-state index contributed by atoms with van der Waals surface area (Å²) < 4.78 is 18.3. The summed E-state index contributed by atoms with van der Waals surface area (Å²) >= 11 is 0. The number of benzene rings is 1. The fourth-order valence-corrected chi connectivity index (χ4v) is 4.05. The Bertz CT molecular complexity index is 761. The molecule has 2 aromatic rings. The van der Waals surface area contributed by atoms with Gasteiger partial charge in [0, 0.05) is 71.4 Å². The van der Waals surface area contributed by atoms with Gasteiger partial charge in [-0.15, -0.1) is 0 Å². The SMILES string of the molecule is COCCCN(Cc1cccn1Cc1cccc(OC)c1)C[C@H](O)CN1CCOCC1. The largest absolute Gasteiger partial charge is 0.497 e. The maximum atomic E-state index is 10.7. The first-order valence-electron chi connectivity index (χ1n) is 11.1. The number of β-amino-alcohol motifs (C(OH)–C–C–N with tert-alkyl or cyclic N) is 1. The minimum absolute atomic E-state index is 0.387. The van der Waals surface area contributed by atoms with Crippen molar-refractivity contribution in [3.05, 3.63) is 53.9 Å². The summed E-state index contributed by atoms with van der Waals surface area (Å²) in [5, 5.41) is 10.7. The van der Waals surface area contributed by atoms with Crippen LogP contribution in [0, 0.1) is 0 Å². The van der Waals surface area contributed by atoms with Crippen LogP contribution in [0.3, 0.4) is 0 Å². The van der Waals surface area contributed by atoms with Crippen LogP contribution in [0.4, 0.5) is 0 Å². The fourth-order valence-electron chi connectivity index (χ4n) is 4.05. The van der Waals surface area contributed by atoms with Gasteiger partial charge < -0.3 is 23.9 Å². The van der Waals surface area contributed by atoms with Crippen LogP contribution in [0.5, 0.6) is 5.75 Å². The molecule has 1 atom stereocenters. The second-order valence-electron chi connectivity index (χ2n) is 8.13. The summed E-state index contributed by atoms with van der Waals surface area (Å²) in [6, 6.07) is 12.4. The van der Waals surface area contributed by atoms with Crippen molar-refractivity contribution < 1.29 is 19.3 Å². The molecule has 0 radical (unpaired) electrons. The van der Waals surface area contributed by atoms with Crippen molar-refractivity contribution >= 4 is 0 Å². The van der Waals surface area contributed by atoms with Crippen LogP contribution in [-0.2, 0) is 22.6 Å². The van der Waals surface area contributed by atoms with E-state index >= 15 is 0 Å². The highest BCUT2D eigenvalue weighted by molar-refractivity contribution is 5.29. The second-order valence-corrected chi connectivity index (χ2v) is 8.13. The molecule has 31 heavy (non-hydrogen) atoms. The molecule has 0 aliphatic carbocycles. The van der Waals surface area contributed by atoms with Crippen molar-refractivity contribution in [3.63, 3.8) is 0 Å². The Morgan fingerprint density at radius 1 is 1.16 bits per heavy atom. The molecule has 1 aliphatic heterocycles. The van der Waals surface area contributed by atoms with Crippen LogP contribution < -0.4 is 4.74 Å². The van der Waals surface area contributed by atoms with Crippen LogP contribution in [-0.4, -0.2) is 92.3 Å². The normalized spacial score (nSPS) is 16.0. The Morgan fingerprint density at radius 2 is 2.00 bits per heavy atom. The summed E-state index contributed by atoms with van der Waals surface area (Å²) in [5.74, 6) is 0.874. The Hall–Kier alpha value is -1.90. The summed E-state index contributed by atoms with van der Waals surface area (Å²) in [4.78, 5) is 4.62. The molecule has 0 amide bonds. The van der Waals surface area contributed by atoms with E-state index in [2.05, 4.69) is 44.8 Å².